The first-order valence-electron chi connectivity index (χ1n) is 5.20. The van der Waals surface area contributed by atoms with Gasteiger partial charge in [-0.15, -0.1) is 0 Å². The van der Waals surface area contributed by atoms with E-state index in [-0.39, 0.29) is 0 Å². The van der Waals surface area contributed by atoms with Crippen LogP contribution in [0.3, 0.4) is 0 Å². The fourth-order valence-electron chi connectivity index (χ4n) is 1.83. The molecule has 0 radical (unpaired) electrons. The SMILES string of the molecule is CCCC1CC(CN(C)CC)N1. The molecule has 0 aromatic carbocycles. The largest absolute Gasteiger partial charge is 0.310 e. The van der Waals surface area contributed by atoms with E-state index in [0.29, 0.717) is 0 Å². The molecule has 0 amide bonds. The van der Waals surface area contributed by atoms with Crippen molar-refractivity contribution in [1.29, 1.82) is 0 Å². The molecule has 1 N–H and O–H groups in total. The molecule has 0 spiro atoms. The standard InChI is InChI=1S/C10H22N2/c1-4-6-9-7-10(11-9)8-12(3)5-2/h9-11H,4-8H2,1-3H3. The number of nitrogens with zero attached hydrogens (tertiary/aromatic N) is 1. The average molecular weight is 170 g/mol. The van der Waals surface area contributed by atoms with Crippen LogP contribution in [0.15, 0.2) is 0 Å². The lowest BCUT2D eigenvalue weighted by Crippen LogP contribution is -2.56. The van der Waals surface area contributed by atoms with Crippen molar-refractivity contribution in [2.24, 2.45) is 0 Å². The minimum Gasteiger partial charge on any atom is -0.310 e. The minimum atomic E-state index is 0.770. The summed E-state index contributed by atoms with van der Waals surface area (Å²) in [5, 5.41) is 3.60. The summed E-state index contributed by atoms with van der Waals surface area (Å²) in [5.41, 5.74) is 0. The molecule has 72 valence electrons. The highest BCUT2D eigenvalue weighted by molar-refractivity contribution is 4.89. The fraction of sp³-hybridized carbons (Fsp3) is 1.00. The summed E-state index contributed by atoms with van der Waals surface area (Å²) < 4.78 is 0. The van der Waals surface area contributed by atoms with Gasteiger partial charge in [0.2, 0.25) is 0 Å². The molecule has 0 saturated carbocycles. The van der Waals surface area contributed by atoms with Crippen LogP contribution in [-0.4, -0.2) is 37.1 Å². The topological polar surface area (TPSA) is 15.3 Å². The Labute approximate surface area is 76.3 Å². The van der Waals surface area contributed by atoms with Gasteiger partial charge in [0.1, 0.15) is 0 Å². The Bertz CT molecular complexity index is 119. The van der Waals surface area contributed by atoms with Gasteiger partial charge in [0, 0.05) is 18.6 Å². The molecule has 1 fully saturated rings. The van der Waals surface area contributed by atoms with Crippen LogP contribution in [0.5, 0.6) is 0 Å². The summed E-state index contributed by atoms with van der Waals surface area (Å²) in [6.07, 6.45) is 4.05. The smallest absolute Gasteiger partial charge is 0.0212 e. The average Bonchev–Trinajstić information content (AvgIpc) is 2.00. The Morgan fingerprint density at radius 2 is 2.00 bits per heavy atom. The summed E-state index contributed by atoms with van der Waals surface area (Å²) in [6.45, 7) is 6.85. The first kappa shape index (κ1) is 10.0. The van der Waals surface area contributed by atoms with Gasteiger partial charge in [0.15, 0.2) is 0 Å². The normalized spacial score (nSPS) is 29.0. The van der Waals surface area contributed by atoms with E-state index >= 15 is 0 Å². The molecule has 12 heavy (non-hydrogen) atoms. The van der Waals surface area contributed by atoms with Gasteiger partial charge in [0.05, 0.1) is 0 Å². The lowest BCUT2D eigenvalue weighted by atomic mass is 9.93. The quantitative estimate of drug-likeness (QED) is 0.672. The Morgan fingerprint density at radius 3 is 2.50 bits per heavy atom. The summed E-state index contributed by atoms with van der Waals surface area (Å²) in [4.78, 5) is 2.37. The van der Waals surface area contributed by atoms with Gasteiger partial charge >= 0.3 is 0 Å². The van der Waals surface area contributed by atoms with E-state index in [4.69, 9.17) is 0 Å². The van der Waals surface area contributed by atoms with Gasteiger partial charge in [-0.3, -0.25) is 0 Å². The first-order chi connectivity index (χ1) is 5.76. The Morgan fingerprint density at radius 1 is 1.33 bits per heavy atom. The van der Waals surface area contributed by atoms with Gasteiger partial charge in [0.25, 0.3) is 0 Å². The Kier molecular flexibility index (Phi) is 4.02. The number of hydrogen-bond donors (Lipinski definition) is 1. The highest BCUT2D eigenvalue weighted by Crippen LogP contribution is 2.16. The molecule has 0 aromatic rings. The second-order valence-electron chi connectivity index (χ2n) is 3.94. The van der Waals surface area contributed by atoms with Crippen LogP contribution < -0.4 is 5.32 Å². The van der Waals surface area contributed by atoms with Gasteiger partial charge in [-0.2, -0.15) is 0 Å². The maximum Gasteiger partial charge on any atom is 0.0212 e. The van der Waals surface area contributed by atoms with Crippen molar-refractivity contribution in [3.63, 3.8) is 0 Å². The van der Waals surface area contributed by atoms with Gasteiger partial charge in [-0.05, 0) is 26.4 Å². The molecule has 1 heterocycles. The maximum atomic E-state index is 3.60. The van der Waals surface area contributed by atoms with Crippen LogP contribution in [0.25, 0.3) is 0 Å². The van der Waals surface area contributed by atoms with Crippen LogP contribution in [0.4, 0.5) is 0 Å². The van der Waals surface area contributed by atoms with E-state index in [1.807, 2.05) is 0 Å². The van der Waals surface area contributed by atoms with Crippen molar-refractivity contribution >= 4 is 0 Å². The molecule has 1 aliphatic heterocycles. The van der Waals surface area contributed by atoms with Crippen molar-refractivity contribution in [3.05, 3.63) is 0 Å². The van der Waals surface area contributed by atoms with E-state index in [1.54, 1.807) is 0 Å². The molecule has 2 heteroatoms. The number of rotatable bonds is 5. The summed E-state index contributed by atoms with van der Waals surface area (Å²) in [5.74, 6) is 0. The molecule has 0 bridgehead atoms. The monoisotopic (exact) mass is 170 g/mol. The molecule has 2 unspecified atom stereocenters. The third-order valence-electron chi connectivity index (χ3n) is 2.75. The second kappa shape index (κ2) is 4.83. The van der Waals surface area contributed by atoms with Crippen LogP contribution in [0.1, 0.15) is 33.1 Å². The molecule has 0 aromatic heterocycles. The number of nitrogens with one attached hydrogen (secondary N) is 1. The number of hydrogen-bond acceptors (Lipinski definition) is 2. The molecular weight excluding hydrogens is 148 g/mol. The predicted molar refractivity (Wildman–Crippen MR) is 53.4 cm³/mol. The Hall–Kier alpha value is -0.0800. The molecule has 2 nitrogen and oxygen atoms in total. The van der Waals surface area contributed by atoms with Crippen molar-refractivity contribution in [1.82, 2.24) is 10.2 Å². The Balaban J connectivity index is 2.01. The predicted octanol–water partition coefficient (Wildman–Crippen LogP) is 1.47. The maximum absolute atomic E-state index is 3.60. The van der Waals surface area contributed by atoms with Gasteiger partial charge < -0.3 is 10.2 Å². The molecule has 0 aliphatic carbocycles. The van der Waals surface area contributed by atoms with E-state index in [0.717, 1.165) is 18.6 Å². The van der Waals surface area contributed by atoms with Crippen LogP contribution in [-0.2, 0) is 0 Å². The van der Waals surface area contributed by atoms with Crippen molar-refractivity contribution in [3.8, 4) is 0 Å². The van der Waals surface area contributed by atoms with Crippen molar-refractivity contribution in [2.75, 3.05) is 20.1 Å². The van der Waals surface area contributed by atoms with Crippen molar-refractivity contribution < 1.29 is 0 Å². The molecule has 1 rings (SSSR count). The zero-order valence-corrected chi connectivity index (χ0v) is 8.64. The zero-order chi connectivity index (χ0) is 8.97. The lowest BCUT2D eigenvalue weighted by molar-refractivity contribution is 0.190. The zero-order valence-electron chi connectivity index (χ0n) is 8.64. The lowest BCUT2D eigenvalue weighted by Gasteiger charge is -2.39. The second-order valence-corrected chi connectivity index (χ2v) is 3.94. The van der Waals surface area contributed by atoms with Crippen LogP contribution in [0, 0.1) is 0 Å². The molecule has 1 saturated heterocycles. The molecule has 2 atom stereocenters. The summed E-state index contributed by atoms with van der Waals surface area (Å²) in [6, 6.07) is 1.59. The number of likely N-dealkylation sites (N-methyl/N-ethyl adjacent to an activating group) is 1. The summed E-state index contributed by atoms with van der Waals surface area (Å²) >= 11 is 0. The van der Waals surface area contributed by atoms with E-state index in [1.165, 1.54) is 25.8 Å². The molecule has 1 aliphatic rings. The van der Waals surface area contributed by atoms with Gasteiger partial charge in [-0.1, -0.05) is 20.3 Å². The molecular formula is C10H22N2. The third-order valence-corrected chi connectivity index (χ3v) is 2.75. The van der Waals surface area contributed by atoms with Crippen molar-refractivity contribution in [2.45, 2.75) is 45.2 Å². The van der Waals surface area contributed by atoms with Gasteiger partial charge in [-0.25, -0.2) is 0 Å². The summed E-state index contributed by atoms with van der Waals surface area (Å²) in [7, 11) is 2.19. The van der Waals surface area contributed by atoms with E-state index < -0.39 is 0 Å². The first-order valence-corrected chi connectivity index (χ1v) is 5.20. The van der Waals surface area contributed by atoms with E-state index in [9.17, 15) is 0 Å². The van der Waals surface area contributed by atoms with Crippen LogP contribution in [0.2, 0.25) is 0 Å². The highest BCUT2D eigenvalue weighted by Gasteiger charge is 2.27. The fourth-order valence-corrected chi connectivity index (χ4v) is 1.83. The van der Waals surface area contributed by atoms with E-state index in [2.05, 4.69) is 31.1 Å². The minimum absolute atomic E-state index is 0.770. The third kappa shape index (κ3) is 2.76. The van der Waals surface area contributed by atoms with Crippen LogP contribution >= 0.6 is 0 Å². The highest BCUT2D eigenvalue weighted by atomic mass is 15.1.